The third kappa shape index (κ3) is 3.99. The third-order valence-corrected chi connectivity index (χ3v) is 5.84. The summed E-state index contributed by atoms with van der Waals surface area (Å²) in [6.07, 6.45) is -10.4. The number of phenolic OH excluding ortho intramolecular Hbond substituents is 2. The van der Waals surface area contributed by atoms with Crippen molar-refractivity contribution in [1.29, 1.82) is 0 Å². The Morgan fingerprint density at radius 1 is 1.00 bits per heavy atom. The fraction of sp³-hybridized carbons (Fsp3) is 0.409. The predicted molar refractivity (Wildman–Crippen MR) is 109 cm³/mol. The molecule has 2 aliphatic rings. The molecule has 1 saturated heterocycles. The molecule has 11 nitrogen and oxygen atoms in total. The summed E-state index contributed by atoms with van der Waals surface area (Å²) in [6, 6.07) is 6.95. The number of ether oxygens (including phenoxy) is 3. The fourth-order valence-corrected chi connectivity index (χ4v) is 3.86. The van der Waals surface area contributed by atoms with E-state index in [1.807, 2.05) is 0 Å². The highest BCUT2D eigenvalue weighted by molar-refractivity contribution is 6.06. The zero-order valence-corrected chi connectivity index (χ0v) is 17.4. The topological polar surface area (TPSA) is 186 Å². The van der Waals surface area contributed by atoms with Crippen LogP contribution in [0.3, 0.4) is 0 Å². The van der Waals surface area contributed by atoms with Crippen LogP contribution in [0.5, 0.6) is 23.0 Å². The molecule has 1 fully saturated rings. The van der Waals surface area contributed by atoms with Gasteiger partial charge in [-0.1, -0.05) is 12.1 Å². The van der Waals surface area contributed by atoms with Crippen LogP contribution in [0.25, 0.3) is 0 Å². The monoisotopic (exact) mass is 464 g/mol. The van der Waals surface area contributed by atoms with E-state index >= 15 is 0 Å². The second kappa shape index (κ2) is 8.78. The minimum Gasteiger partial charge on any atom is -0.508 e. The Hall–Kier alpha value is -2.93. The van der Waals surface area contributed by atoms with Crippen LogP contribution in [-0.4, -0.2) is 84.9 Å². The van der Waals surface area contributed by atoms with Gasteiger partial charge in [-0.05, 0) is 24.6 Å². The quantitative estimate of drug-likeness (QED) is 0.302. The van der Waals surface area contributed by atoms with Crippen molar-refractivity contribution in [3.8, 4) is 23.0 Å². The molecule has 33 heavy (non-hydrogen) atoms. The SMILES string of the molecule is Cc1c(O[C@@H]2O[C@H](CO)[C@@H](O)[C@H](O)[C@H]2O)cc2c(c1O)C(=O)C(O)C(c1ccc(O)cc1)O2. The van der Waals surface area contributed by atoms with Gasteiger partial charge in [-0.15, -0.1) is 0 Å². The number of ketones is 1. The van der Waals surface area contributed by atoms with Crippen molar-refractivity contribution < 1.29 is 54.8 Å². The summed E-state index contributed by atoms with van der Waals surface area (Å²) in [5.74, 6) is -1.48. The molecule has 2 heterocycles. The molecule has 11 heteroatoms. The summed E-state index contributed by atoms with van der Waals surface area (Å²) in [5, 5.41) is 70.1. The molecule has 7 atom stereocenters. The first kappa shape index (κ1) is 23.2. The largest absolute Gasteiger partial charge is 0.508 e. The van der Waals surface area contributed by atoms with E-state index in [1.165, 1.54) is 37.3 Å². The molecule has 2 aliphatic heterocycles. The standard InChI is InChI=1S/C22H24O11/c1-8-11(32-22-20(30)18(28)16(26)13(7-23)33-22)6-12-14(15(8)25)17(27)19(29)21(31-12)9-2-4-10(24)5-3-9/h2-6,13,16,18-26,28-30H,7H2,1H3/t13-,16-,18+,19?,20-,21?,22-/m1/s1. The lowest BCUT2D eigenvalue weighted by molar-refractivity contribution is -0.277. The van der Waals surface area contributed by atoms with E-state index in [0.29, 0.717) is 5.56 Å². The fourth-order valence-electron chi connectivity index (χ4n) is 3.86. The number of Topliss-reactive ketones (excluding diaryl/α,β-unsaturated/α-hetero) is 1. The summed E-state index contributed by atoms with van der Waals surface area (Å²) in [5.41, 5.74) is 0.213. The van der Waals surface area contributed by atoms with Crippen molar-refractivity contribution in [3.05, 3.63) is 47.0 Å². The zero-order chi connectivity index (χ0) is 24.0. The van der Waals surface area contributed by atoms with Crippen molar-refractivity contribution in [3.63, 3.8) is 0 Å². The van der Waals surface area contributed by atoms with Crippen LogP contribution < -0.4 is 9.47 Å². The van der Waals surface area contributed by atoms with Gasteiger partial charge < -0.3 is 50.0 Å². The van der Waals surface area contributed by atoms with Gasteiger partial charge >= 0.3 is 0 Å². The van der Waals surface area contributed by atoms with Gasteiger partial charge in [0.15, 0.2) is 12.2 Å². The normalized spacial score (nSPS) is 31.6. The molecule has 7 N–H and O–H groups in total. The van der Waals surface area contributed by atoms with Crippen LogP contribution in [-0.2, 0) is 4.74 Å². The van der Waals surface area contributed by atoms with Gasteiger partial charge in [0.1, 0.15) is 53.0 Å². The van der Waals surface area contributed by atoms with E-state index in [4.69, 9.17) is 14.2 Å². The Labute approximate surface area is 187 Å². The average molecular weight is 464 g/mol. The first-order chi connectivity index (χ1) is 15.6. The molecule has 2 aromatic carbocycles. The molecule has 0 bridgehead atoms. The van der Waals surface area contributed by atoms with E-state index in [2.05, 4.69) is 0 Å². The van der Waals surface area contributed by atoms with Crippen LogP contribution in [0.1, 0.15) is 27.6 Å². The Morgan fingerprint density at radius 3 is 2.30 bits per heavy atom. The average Bonchev–Trinajstić information content (AvgIpc) is 2.80. The molecule has 0 saturated carbocycles. The van der Waals surface area contributed by atoms with Gasteiger partial charge in [-0.3, -0.25) is 4.79 Å². The first-order valence-electron chi connectivity index (χ1n) is 10.2. The molecule has 0 amide bonds. The Balaban J connectivity index is 1.68. The number of rotatable bonds is 4. The highest BCUT2D eigenvalue weighted by atomic mass is 16.7. The molecule has 2 aromatic rings. The molecule has 4 rings (SSSR count). The van der Waals surface area contributed by atoms with E-state index in [1.54, 1.807) is 0 Å². The van der Waals surface area contributed by atoms with Gasteiger partial charge in [0, 0.05) is 11.6 Å². The Bertz CT molecular complexity index is 1040. The summed E-state index contributed by atoms with van der Waals surface area (Å²) in [7, 11) is 0. The van der Waals surface area contributed by atoms with Crippen LogP contribution in [0.4, 0.5) is 0 Å². The van der Waals surface area contributed by atoms with Gasteiger partial charge in [-0.25, -0.2) is 0 Å². The Morgan fingerprint density at radius 2 is 1.67 bits per heavy atom. The number of aliphatic hydroxyl groups excluding tert-OH is 5. The molecule has 2 unspecified atom stereocenters. The molecule has 0 radical (unpaired) electrons. The second-order valence-electron chi connectivity index (χ2n) is 7.98. The molecule has 0 spiro atoms. The molecule has 178 valence electrons. The van der Waals surface area contributed by atoms with Crippen LogP contribution in [0.2, 0.25) is 0 Å². The number of hydrogen-bond donors (Lipinski definition) is 7. The highest BCUT2D eigenvalue weighted by Gasteiger charge is 2.45. The van der Waals surface area contributed by atoms with E-state index < -0.39 is 61.1 Å². The maximum atomic E-state index is 12.8. The number of carbonyl (C=O) groups excluding carboxylic acids is 1. The van der Waals surface area contributed by atoms with Crippen LogP contribution in [0.15, 0.2) is 30.3 Å². The van der Waals surface area contributed by atoms with Crippen molar-refractivity contribution in [1.82, 2.24) is 0 Å². The first-order valence-corrected chi connectivity index (χ1v) is 10.2. The summed E-state index contributed by atoms with van der Waals surface area (Å²) in [6.45, 7) is 0.768. The van der Waals surface area contributed by atoms with Crippen molar-refractivity contribution in [2.24, 2.45) is 0 Å². The predicted octanol–water partition coefficient (Wildman–Crippen LogP) is -0.738. The van der Waals surface area contributed by atoms with Crippen molar-refractivity contribution in [2.45, 2.75) is 49.8 Å². The number of hydrogen-bond acceptors (Lipinski definition) is 11. The van der Waals surface area contributed by atoms with Crippen LogP contribution in [0, 0.1) is 6.92 Å². The summed E-state index contributed by atoms with van der Waals surface area (Å²) >= 11 is 0. The van der Waals surface area contributed by atoms with E-state index in [0.717, 1.165) is 0 Å². The minimum atomic E-state index is -1.69. The minimum absolute atomic E-state index is 0.0146. The number of benzene rings is 2. The molecule has 0 aliphatic carbocycles. The second-order valence-corrected chi connectivity index (χ2v) is 7.98. The maximum Gasteiger partial charge on any atom is 0.229 e. The lowest BCUT2D eigenvalue weighted by Crippen LogP contribution is -2.60. The number of aliphatic hydroxyl groups is 5. The van der Waals surface area contributed by atoms with Gasteiger partial charge in [0.25, 0.3) is 0 Å². The number of aromatic hydroxyl groups is 2. The Kier molecular flexibility index (Phi) is 6.18. The zero-order valence-electron chi connectivity index (χ0n) is 17.4. The van der Waals surface area contributed by atoms with E-state index in [9.17, 15) is 40.5 Å². The smallest absolute Gasteiger partial charge is 0.229 e. The van der Waals surface area contributed by atoms with Crippen molar-refractivity contribution in [2.75, 3.05) is 6.61 Å². The van der Waals surface area contributed by atoms with Crippen LogP contribution >= 0.6 is 0 Å². The molecular weight excluding hydrogens is 440 g/mol. The summed E-state index contributed by atoms with van der Waals surface area (Å²) < 4.78 is 16.7. The number of carbonyl (C=O) groups is 1. The molecule has 0 aromatic heterocycles. The highest BCUT2D eigenvalue weighted by Crippen LogP contribution is 2.45. The lowest BCUT2D eigenvalue weighted by Gasteiger charge is -2.40. The lowest BCUT2D eigenvalue weighted by atomic mass is 9.91. The molecular formula is C22H24O11. The number of fused-ring (bicyclic) bond motifs is 1. The number of phenols is 2. The maximum absolute atomic E-state index is 12.8. The van der Waals surface area contributed by atoms with Gasteiger partial charge in [0.05, 0.1) is 6.61 Å². The van der Waals surface area contributed by atoms with Gasteiger partial charge in [0.2, 0.25) is 12.1 Å². The van der Waals surface area contributed by atoms with Crippen molar-refractivity contribution >= 4 is 5.78 Å². The third-order valence-electron chi connectivity index (χ3n) is 5.84. The van der Waals surface area contributed by atoms with Gasteiger partial charge in [-0.2, -0.15) is 0 Å². The summed E-state index contributed by atoms with van der Waals surface area (Å²) in [4.78, 5) is 12.8. The van der Waals surface area contributed by atoms with E-state index in [-0.39, 0.29) is 28.4 Å².